The third kappa shape index (κ3) is 3.38. The van der Waals surface area contributed by atoms with E-state index in [2.05, 4.69) is 24.1 Å². The summed E-state index contributed by atoms with van der Waals surface area (Å²) in [5.74, 6) is -0.392. The average molecular weight is 319 g/mol. The minimum Gasteiger partial charge on any atom is -0.363 e. The largest absolute Gasteiger partial charge is 0.363 e. The first kappa shape index (κ1) is 15.9. The lowest BCUT2D eigenvalue weighted by Crippen LogP contribution is -2.56. The molecular weight excluding hydrogens is 298 g/mol. The molecule has 0 saturated carbocycles. The monoisotopic (exact) mass is 318 g/mol. The average Bonchev–Trinajstić information content (AvgIpc) is 2.38. The van der Waals surface area contributed by atoms with Gasteiger partial charge in [-0.15, -0.1) is 0 Å². The van der Waals surface area contributed by atoms with Gasteiger partial charge >= 0.3 is 0 Å². The van der Waals surface area contributed by atoms with Gasteiger partial charge in [-0.3, -0.25) is 0 Å². The molecule has 1 aliphatic rings. The summed E-state index contributed by atoms with van der Waals surface area (Å²) in [5, 5.41) is 4.36. The quantitative estimate of drug-likeness (QED) is 0.880. The van der Waals surface area contributed by atoms with Crippen LogP contribution in [0.25, 0.3) is 0 Å². The van der Waals surface area contributed by atoms with E-state index >= 15 is 0 Å². The first-order valence-electron chi connectivity index (χ1n) is 7.21. The molecular formula is C15H21Cl2FN2. The van der Waals surface area contributed by atoms with Gasteiger partial charge in [-0.1, -0.05) is 43.5 Å². The Morgan fingerprint density at radius 2 is 1.95 bits per heavy atom. The number of anilines is 1. The first-order valence-corrected chi connectivity index (χ1v) is 7.97. The molecule has 0 spiro atoms. The molecule has 0 aromatic heterocycles. The molecule has 1 aromatic rings. The molecule has 20 heavy (non-hydrogen) atoms. The second-order valence-corrected chi connectivity index (χ2v) is 6.14. The van der Waals surface area contributed by atoms with Gasteiger partial charge in [0.1, 0.15) is 5.82 Å². The van der Waals surface area contributed by atoms with Crippen molar-refractivity contribution < 1.29 is 4.39 Å². The molecule has 0 bridgehead atoms. The fraction of sp³-hybridized carbons (Fsp3) is 0.600. The van der Waals surface area contributed by atoms with Gasteiger partial charge in [-0.05, 0) is 25.0 Å². The fourth-order valence-corrected chi connectivity index (χ4v) is 3.53. The zero-order valence-corrected chi connectivity index (χ0v) is 13.4. The summed E-state index contributed by atoms with van der Waals surface area (Å²) in [5.41, 5.74) is 0.768. The summed E-state index contributed by atoms with van der Waals surface area (Å²) in [6, 6.07) is 3.45. The molecule has 1 saturated heterocycles. The van der Waals surface area contributed by atoms with Crippen molar-refractivity contribution in [3.8, 4) is 0 Å². The molecule has 1 heterocycles. The topological polar surface area (TPSA) is 15.3 Å². The van der Waals surface area contributed by atoms with Crippen LogP contribution in [-0.2, 0) is 0 Å². The van der Waals surface area contributed by atoms with Crippen LogP contribution in [0, 0.1) is 5.82 Å². The highest BCUT2D eigenvalue weighted by Crippen LogP contribution is 2.37. The Balaban J connectivity index is 2.31. The van der Waals surface area contributed by atoms with Gasteiger partial charge in [0.05, 0.1) is 15.7 Å². The molecule has 1 aromatic carbocycles. The molecule has 0 amide bonds. The minimum absolute atomic E-state index is 0.337. The van der Waals surface area contributed by atoms with Crippen LogP contribution >= 0.6 is 23.2 Å². The Morgan fingerprint density at radius 3 is 2.50 bits per heavy atom. The van der Waals surface area contributed by atoms with Crippen LogP contribution in [0.15, 0.2) is 12.1 Å². The normalized spacial score (nSPS) is 23.1. The van der Waals surface area contributed by atoms with Crippen LogP contribution in [0.3, 0.4) is 0 Å². The zero-order valence-electron chi connectivity index (χ0n) is 11.9. The Morgan fingerprint density at radius 1 is 1.30 bits per heavy atom. The predicted molar refractivity (Wildman–Crippen MR) is 84.5 cm³/mol. The van der Waals surface area contributed by atoms with E-state index in [4.69, 9.17) is 23.2 Å². The molecule has 112 valence electrons. The van der Waals surface area contributed by atoms with Crippen molar-refractivity contribution in [2.45, 2.75) is 45.2 Å². The van der Waals surface area contributed by atoms with E-state index in [1.165, 1.54) is 12.1 Å². The van der Waals surface area contributed by atoms with Crippen molar-refractivity contribution >= 4 is 28.9 Å². The van der Waals surface area contributed by atoms with E-state index < -0.39 is 5.82 Å². The van der Waals surface area contributed by atoms with Crippen molar-refractivity contribution in [3.63, 3.8) is 0 Å². The molecule has 1 N–H and O–H groups in total. The fourth-order valence-electron chi connectivity index (χ4n) is 2.85. The van der Waals surface area contributed by atoms with Crippen molar-refractivity contribution in [3.05, 3.63) is 28.0 Å². The smallest absolute Gasteiger partial charge is 0.126 e. The summed E-state index contributed by atoms with van der Waals surface area (Å²) >= 11 is 12.5. The van der Waals surface area contributed by atoms with E-state index in [0.717, 1.165) is 38.0 Å². The molecule has 0 radical (unpaired) electrons. The molecule has 5 heteroatoms. The number of hydrogen-bond acceptors (Lipinski definition) is 2. The van der Waals surface area contributed by atoms with Crippen molar-refractivity contribution in [2.75, 3.05) is 18.0 Å². The second kappa shape index (κ2) is 6.97. The highest BCUT2D eigenvalue weighted by Gasteiger charge is 2.29. The standard InChI is InChI=1S/C15H21Cl2FN2/c1-3-5-11-9-20(12(4-2)8-19-11)15-13(16)6-10(18)7-14(15)17/h6-7,11-12,19H,3-5,8-9H2,1-2H3. The van der Waals surface area contributed by atoms with Crippen molar-refractivity contribution in [1.82, 2.24) is 5.32 Å². The Labute approximate surface area is 130 Å². The second-order valence-electron chi connectivity index (χ2n) is 5.33. The van der Waals surface area contributed by atoms with Gasteiger partial charge in [0.15, 0.2) is 0 Å². The zero-order chi connectivity index (χ0) is 14.7. The van der Waals surface area contributed by atoms with Crippen molar-refractivity contribution in [1.29, 1.82) is 0 Å². The number of nitrogens with zero attached hydrogens (tertiary/aromatic N) is 1. The summed E-state index contributed by atoms with van der Waals surface area (Å²) in [7, 11) is 0. The van der Waals surface area contributed by atoms with E-state index in [1.807, 2.05) is 0 Å². The van der Waals surface area contributed by atoms with Gasteiger partial charge in [0.2, 0.25) is 0 Å². The highest BCUT2D eigenvalue weighted by molar-refractivity contribution is 6.39. The maximum Gasteiger partial charge on any atom is 0.126 e. The van der Waals surface area contributed by atoms with Crippen LogP contribution in [0.2, 0.25) is 10.0 Å². The summed E-state index contributed by atoms with van der Waals surface area (Å²) in [6.45, 7) is 6.09. The van der Waals surface area contributed by atoms with Gasteiger partial charge in [-0.25, -0.2) is 4.39 Å². The molecule has 0 aliphatic carbocycles. The van der Waals surface area contributed by atoms with Crippen LogP contribution in [0.5, 0.6) is 0 Å². The SMILES string of the molecule is CCCC1CN(c2c(Cl)cc(F)cc2Cl)C(CC)CN1. The number of hydrogen-bond donors (Lipinski definition) is 1. The highest BCUT2D eigenvalue weighted by atomic mass is 35.5. The van der Waals surface area contributed by atoms with Gasteiger partial charge < -0.3 is 10.2 Å². The van der Waals surface area contributed by atoms with E-state index in [-0.39, 0.29) is 0 Å². The van der Waals surface area contributed by atoms with Crippen LogP contribution < -0.4 is 10.2 Å². The van der Waals surface area contributed by atoms with E-state index in [9.17, 15) is 4.39 Å². The van der Waals surface area contributed by atoms with Gasteiger partial charge in [-0.2, -0.15) is 0 Å². The number of piperazine rings is 1. The van der Waals surface area contributed by atoms with Crippen molar-refractivity contribution in [2.24, 2.45) is 0 Å². The van der Waals surface area contributed by atoms with Crippen LogP contribution in [0.4, 0.5) is 10.1 Å². The maximum absolute atomic E-state index is 13.4. The summed E-state index contributed by atoms with van der Waals surface area (Å²) < 4.78 is 13.4. The minimum atomic E-state index is -0.392. The molecule has 2 atom stereocenters. The third-order valence-electron chi connectivity index (χ3n) is 3.88. The Hall–Kier alpha value is -0.510. The first-order chi connectivity index (χ1) is 9.56. The maximum atomic E-state index is 13.4. The summed E-state index contributed by atoms with van der Waals surface area (Å²) in [4.78, 5) is 2.24. The molecule has 2 unspecified atom stereocenters. The number of halogens is 3. The lowest BCUT2D eigenvalue weighted by molar-refractivity contribution is 0.369. The lowest BCUT2D eigenvalue weighted by Gasteiger charge is -2.42. The van der Waals surface area contributed by atoms with Gasteiger partial charge in [0, 0.05) is 25.2 Å². The number of nitrogens with one attached hydrogen (secondary N) is 1. The number of benzene rings is 1. The van der Waals surface area contributed by atoms with E-state index in [0.29, 0.717) is 22.1 Å². The third-order valence-corrected chi connectivity index (χ3v) is 4.45. The Bertz CT molecular complexity index is 444. The lowest BCUT2D eigenvalue weighted by atomic mass is 10.0. The summed E-state index contributed by atoms with van der Waals surface area (Å²) in [6.07, 6.45) is 3.24. The van der Waals surface area contributed by atoms with Crippen LogP contribution in [-0.4, -0.2) is 25.2 Å². The molecule has 1 aliphatic heterocycles. The van der Waals surface area contributed by atoms with Crippen LogP contribution in [0.1, 0.15) is 33.1 Å². The molecule has 2 nitrogen and oxygen atoms in total. The Kier molecular flexibility index (Phi) is 5.53. The molecule has 2 rings (SSSR count). The predicted octanol–water partition coefficient (Wildman–Crippen LogP) is 4.49. The number of rotatable bonds is 4. The molecule has 1 fully saturated rings. The van der Waals surface area contributed by atoms with E-state index in [1.54, 1.807) is 0 Å². The van der Waals surface area contributed by atoms with Gasteiger partial charge in [0.25, 0.3) is 0 Å².